The Labute approximate surface area is 98.9 Å². The van der Waals surface area contributed by atoms with Crippen molar-refractivity contribution in [1.82, 2.24) is 0 Å². The highest BCUT2D eigenvalue weighted by atomic mass is 16.5. The monoisotopic (exact) mass is 218 g/mol. The van der Waals surface area contributed by atoms with Crippen molar-refractivity contribution >= 4 is 0 Å². The van der Waals surface area contributed by atoms with Crippen LogP contribution in [0, 0.1) is 11.8 Å². The Balaban J connectivity index is 2.08. The first-order valence-corrected chi connectivity index (χ1v) is 6.26. The van der Waals surface area contributed by atoms with E-state index >= 15 is 0 Å². The summed E-state index contributed by atoms with van der Waals surface area (Å²) in [6, 6.07) is 0. The number of allylic oxidation sites excluding steroid dienone is 1. The Morgan fingerprint density at radius 1 is 1.44 bits per heavy atom. The number of rotatable bonds is 6. The maximum absolute atomic E-state index is 6.23. The van der Waals surface area contributed by atoms with Crippen molar-refractivity contribution in [1.29, 1.82) is 0 Å². The third-order valence-corrected chi connectivity index (χ3v) is 3.95. The van der Waals surface area contributed by atoms with Gasteiger partial charge in [-0.1, -0.05) is 30.4 Å². The average Bonchev–Trinajstić information content (AvgIpc) is 2.79. The van der Waals surface area contributed by atoms with Crippen molar-refractivity contribution in [2.75, 3.05) is 6.61 Å². The lowest BCUT2D eigenvalue weighted by atomic mass is 9.85. The summed E-state index contributed by atoms with van der Waals surface area (Å²) in [7, 11) is 0. The Kier molecular flexibility index (Phi) is 3.34. The third-order valence-electron chi connectivity index (χ3n) is 3.95. The van der Waals surface area contributed by atoms with Gasteiger partial charge in [-0.2, -0.15) is 0 Å². The lowest BCUT2D eigenvalue weighted by molar-refractivity contribution is -0.0684. The van der Waals surface area contributed by atoms with Gasteiger partial charge < -0.3 is 4.74 Å². The highest BCUT2D eigenvalue weighted by Gasteiger charge is 2.51. The molecule has 1 nitrogen and oxygen atoms in total. The molecule has 2 bridgehead atoms. The van der Waals surface area contributed by atoms with Crippen LogP contribution in [-0.2, 0) is 4.74 Å². The summed E-state index contributed by atoms with van der Waals surface area (Å²) in [5, 5.41) is 0. The van der Waals surface area contributed by atoms with Gasteiger partial charge in [0.25, 0.3) is 0 Å². The molecule has 16 heavy (non-hydrogen) atoms. The molecule has 0 radical (unpaired) electrons. The molecule has 0 aromatic heterocycles. The van der Waals surface area contributed by atoms with Crippen molar-refractivity contribution in [3.63, 3.8) is 0 Å². The Morgan fingerprint density at radius 3 is 2.50 bits per heavy atom. The predicted molar refractivity (Wildman–Crippen MR) is 68.3 cm³/mol. The van der Waals surface area contributed by atoms with Crippen LogP contribution in [0.3, 0.4) is 0 Å². The van der Waals surface area contributed by atoms with Crippen LogP contribution < -0.4 is 0 Å². The molecule has 2 atom stereocenters. The molecule has 0 unspecified atom stereocenters. The maximum Gasteiger partial charge on any atom is 0.0814 e. The number of hydrogen-bond donors (Lipinski definition) is 0. The van der Waals surface area contributed by atoms with Gasteiger partial charge in [0, 0.05) is 11.8 Å². The van der Waals surface area contributed by atoms with Gasteiger partial charge in [-0.3, -0.25) is 0 Å². The number of hydrogen-bond acceptors (Lipinski definition) is 1. The lowest BCUT2D eigenvalue weighted by Gasteiger charge is -2.35. The van der Waals surface area contributed by atoms with E-state index in [1.165, 1.54) is 12.8 Å². The molecule has 1 saturated carbocycles. The Morgan fingerprint density at radius 2 is 2.06 bits per heavy atom. The third kappa shape index (κ3) is 1.89. The van der Waals surface area contributed by atoms with Gasteiger partial charge >= 0.3 is 0 Å². The van der Waals surface area contributed by atoms with E-state index in [4.69, 9.17) is 4.74 Å². The van der Waals surface area contributed by atoms with Crippen LogP contribution in [0.25, 0.3) is 0 Å². The average molecular weight is 218 g/mol. The lowest BCUT2D eigenvalue weighted by Crippen LogP contribution is -2.39. The number of fused-ring (bicyclic) bond motifs is 2. The fraction of sp³-hybridized carbons (Fsp3) is 0.600. The largest absolute Gasteiger partial charge is 0.369 e. The molecule has 1 heteroatoms. The van der Waals surface area contributed by atoms with E-state index in [0.29, 0.717) is 18.4 Å². The molecule has 0 heterocycles. The smallest absolute Gasteiger partial charge is 0.0814 e. The second-order valence-corrected chi connectivity index (χ2v) is 5.20. The van der Waals surface area contributed by atoms with Gasteiger partial charge in [-0.25, -0.2) is 0 Å². The summed E-state index contributed by atoms with van der Waals surface area (Å²) in [5.41, 5.74) is 1.18. The topological polar surface area (TPSA) is 9.23 Å². The molecule has 1 fully saturated rings. The molecule has 2 aliphatic rings. The van der Waals surface area contributed by atoms with E-state index in [-0.39, 0.29) is 5.60 Å². The summed E-state index contributed by atoms with van der Waals surface area (Å²) in [6.45, 7) is 10.5. The Hall–Kier alpha value is -0.820. The zero-order valence-electron chi connectivity index (χ0n) is 10.2. The van der Waals surface area contributed by atoms with E-state index in [2.05, 4.69) is 25.3 Å². The summed E-state index contributed by atoms with van der Waals surface area (Å²) >= 11 is 0. The first-order valence-electron chi connectivity index (χ1n) is 6.26. The highest BCUT2D eigenvalue weighted by molar-refractivity contribution is 5.21. The molecule has 2 rings (SSSR count). The second kappa shape index (κ2) is 4.58. The van der Waals surface area contributed by atoms with Crippen molar-refractivity contribution in [2.24, 2.45) is 11.8 Å². The zero-order chi connectivity index (χ0) is 11.6. The van der Waals surface area contributed by atoms with E-state index in [1.807, 2.05) is 13.0 Å². The van der Waals surface area contributed by atoms with Crippen molar-refractivity contribution in [2.45, 2.75) is 38.2 Å². The van der Waals surface area contributed by atoms with Gasteiger partial charge in [0.05, 0.1) is 12.2 Å². The molecule has 0 aromatic rings. The molecule has 88 valence electrons. The minimum Gasteiger partial charge on any atom is -0.369 e. The minimum atomic E-state index is 0.0626. The van der Waals surface area contributed by atoms with Gasteiger partial charge in [0.15, 0.2) is 0 Å². The van der Waals surface area contributed by atoms with Crippen LogP contribution >= 0.6 is 0 Å². The second-order valence-electron chi connectivity index (χ2n) is 5.20. The fourth-order valence-electron chi connectivity index (χ4n) is 3.15. The van der Waals surface area contributed by atoms with Crippen LogP contribution in [0.1, 0.15) is 32.6 Å². The van der Waals surface area contributed by atoms with E-state index < -0.39 is 0 Å². The van der Waals surface area contributed by atoms with Crippen LogP contribution in [0.5, 0.6) is 0 Å². The normalized spacial score (nSPS) is 35.6. The van der Waals surface area contributed by atoms with Gasteiger partial charge in [-0.15, -0.1) is 6.58 Å². The predicted octanol–water partition coefficient (Wildman–Crippen LogP) is 3.88. The van der Waals surface area contributed by atoms with Crippen LogP contribution in [0.2, 0.25) is 0 Å². The number of ether oxygens (including phenoxy) is 1. The van der Waals surface area contributed by atoms with Gasteiger partial charge in [0.1, 0.15) is 0 Å². The quantitative estimate of drug-likeness (QED) is 0.615. The highest BCUT2D eigenvalue weighted by Crippen LogP contribution is 2.52. The molecular weight excluding hydrogens is 196 g/mol. The zero-order valence-corrected chi connectivity index (χ0v) is 10.2. The van der Waals surface area contributed by atoms with Crippen LogP contribution in [0.15, 0.2) is 37.0 Å². The summed E-state index contributed by atoms with van der Waals surface area (Å²) < 4.78 is 6.23. The molecular formula is C15H22O. The standard InChI is InChI=1S/C15H22O/c1-4-5-10-15(16-11-12(2)3)13-6-7-14(15)9-8-13/h4,6-7,13-14H,1-2,5,8-11H2,3H3/t13-,14-/m0/s1. The molecule has 2 aliphatic carbocycles. The summed E-state index contributed by atoms with van der Waals surface area (Å²) in [6.07, 6.45) is 11.4. The van der Waals surface area contributed by atoms with Crippen molar-refractivity contribution in [3.8, 4) is 0 Å². The van der Waals surface area contributed by atoms with Gasteiger partial charge in [-0.05, 0) is 32.6 Å². The van der Waals surface area contributed by atoms with E-state index in [1.54, 1.807) is 0 Å². The van der Waals surface area contributed by atoms with Crippen molar-refractivity contribution in [3.05, 3.63) is 37.0 Å². The SMILES string of the molecule is C=CCCC1(OCC(=C)C)[C@H]2C=C[C@H]1CC2. The Bertz CT molecular complexity index is 299. The summed E-state index contributed by atoms with van der Waals surface area (Å²) in [4.78, 5) is 0. The van der Waals surface area contributed by atoms with E-state index in [0.717, 1.165) is 18.4 Å². The first-order chi connectivity index (χ1) is 7.69. The summed E-state index contributed by atoms with van der Waals surface area (Å²) in [5.74, 6) is 1.24. The molecule has 0 spiro atoms. The molecule has 0 amide bonds. The molecule has 0 N–H and O–H groups in total. The van der Waals surface area contributed by atoms with Crippen LogP contribution in [0.4, 0.5) is 0 Å². The first kappa shape index (κ1) is 11.7. The molecule has 0 saturated heterocycles. The molecule has 0 aliphatic heterocycles. The van der Waals surface area contributed by atoms with Crippen molar-refractivity contribution < 1.29 is 4.74 Å². The maximum atomic E-state index is 6.23. The van der Waals surface area contributed by atoms with E-state index in [9.17, 15) is 0 Å². The molecule has 0 aromatic carbocycles. The fourth-order valence-corrected chi connectivity index (χ4v) is 3.15. The van der Waals surface area contributed by atoms with Gasteiger partial charge in [0.2, 0.25) is 0 Å². The van der Waals surface area contributed by atoms with Crippen LogP contribution in [-0.4, -0.2) is 12.2 Å². The minimum absolute atomic E-state index is 0.0626.